The minimum absolute atomic E-state index is 0.352. The van der Waals surface area contributed by atoms with E-state index in [1.807, 2.05) is 18.2 Å². The summed E-state index contributed by atoms with van der Waals surface area (Å²) in [6.45, 7) is 0.822. The number of nitrogens with one attached hydrogen (secondary N) is 2. The van der Waals surface area contributed by atoms with Gasteiger partial charge in [0, 0.05) is 24.5 Å². The van der Waals surface area contributed by atoms with Gasteiger partial charge in [0.2, 0.25) is 0 Å². The van der Waals surface area contributed by atoms with Crippen molar-refractivity contribution >= 4 is 17.5 Å². The molecular weight excluding hydrogens is 332 g/mol. The molecule has 3 aromatic rings. The van der Waals surface area contributed by atoms with Crippen molar-refractivity contribution in [2.45, 2.75) is 13.2 Å². The predicted molar refractivity (Wildman–Crippen MR) is 88.1 cm³/mol. The Morgan fingerprint density at radius 1 is 1.29 bits per heavy atom. The molecule has 0 fully saturated rings. The highest BCUT2D eigenvalue weighted by Gasteiger charge is 2.13. The highest BCUT2D eigenvalue weighted by Crippen LogP contribution is 2.37. The SMILES string of the molecule is COc1cc(CNc2nn[nH]n2)cc(Cl)c1OCc1cccnc1. The highest BCUT2D eigenvalue weighted by molar-refractivity contribution is 6.32. The van der Waals surface area contributed by atoms with Crippen molar-refractivity contribution in [2.75, 3.05) is 12.4 Å². The topological polar surface area (TPSA) is 97.8 Å². The van der Waals surface area contributed by atoms with Crippen molar-refractivity contribution < 1.29 is 9.47 Å². The number of nitrogens with zero attached hydrogens (tertiary/aromatic N) is 4. The van der Waals surface area contributed by atoms with Crippen molar-refractivity contribution in [1.29, 1.82) is 0 Å². The van der Waals surface area contributed by atoms with E-state index in [9.17, 15) is 0 Å². The molecule has 0 bridgehead atoms. The van der Waals surface area contributed by atoms with E-state index in [0.29, 0.717) is 35.6 Å². The largest absolute Gasteiger partial charge is 0.493 e. The van der Waals surface area contributed by atoms with Gasteiger partial charge in [-0.15, -0.1) is 5.10 Å². The molecule has 0 atom stereocenters. The van der Waals surface area contributed by atoms with Gasteiger partial charge in [-0.1, -0.05) is 22.8 Å². The third kappa shape index (κ3) is 3.90. The van der Waals surface area contributed by atoms with E-state index in [0.717, 1.165) is 11.1 Å². The van der Waals surface area contributed by atoms with E-state index in [2.05, 4.69) is 30.9 Å². The molecule has 8 nitrogen and oxygen atoms in total. The second-order valence-corrected chi connectivity index (χ2v) is 5.26. The smallest absolute Gasteiger partial charge is 0.263 e. The Kier molecular flexibility index (Phi) is 5.07. The summed E-state index contributed by atoms with van der Waals surface area (Å²) < 4.78 is 11.2. The fraction of sp³-hybridized carbons (Fsp3) is 0.200. The lowest BCUT2D eigenvalue weighted by molar-refractivity contribution is 0.284. The van der Waals surface area contributed by atoms with Gasteiger partial charge < -0.3 is 14.8 Å². The molecule has 0 spiro atoms. The number of aromatic nitrogens is 5. The summed E-state index contributed by atoms with van der Waals surface area (Å²) in [5, 5.41) is 17.0. The van der Waals surface area contributed by atoms with Crippen LogP contribution >= 0.6 is 11.6 Å². The van der Waals surface area contributed by atoms with Crippen LogP contribution in [-0.4, -0.2) is 32.7 Å². The summed E-state index contributed by atoms with van der Waals surface area (Å²) in [4.78, 5) is 4.05. The Hall–Kier alpha value is -2.87. The second kappa shape index (κ2) is 7.60. The van der Waals surface area contributed by atoms with Crippen LogP contribution in [0, 0.1) is 0 Å². The first-order valence-electron chi connectivity index (χ1n) is 7.11. The fourth-order valence-electron chi connectivity index (χ4n) is 2.07. The van der Waals surface area contributed by atoms with Crippen LogP contribution in [0.15, 0.2) is 36.7 Å². The molecule has 0 radical (unpaired) electrons. The number of rotatable bonds is 7. The summed E-state index contributed by atoms with van der Waals surface area (Å²) in [6.07, 6.45) is 3.45. The summed E-state index contributed by atoms with van der Waals surface area (Å²) in [5.74, 6) is 1.45. The minimum atomic E-state index is 0.352. The lowest BCUT2D eigenvalue weighted by Crippen LogP contribution is -2.03. The number of pyridine rings is 1. The number of aromatic amines is 1. The molecule has 0 saturated carbocycles. The maximum absolute atomic E-state index is 6.34. The third-order valence-electron chi connectivity index (χ3n) is 3.19. The van der Waals surface area contributed by atoms with Gasteiger partial charge in [-0.25, -0.2) is 0 Å². The highest BCUT2D eigenvalue weighted by atomic mass is 35.5. The summed E-state index contributed by atoms with van der Waals surface area (Å²) in [6, 6.07) is 7.42. The van der Waals surface area contributed by atoms with Gasteiger partial charge in [0.05, 0.1) is 12.1 Å². The Morgan fingerprint density at radius 3 is 2.92 bits per heavy atom. The summed E-state index contributed by atoms with van der Waals surface area (Å²) in [7, 11) is 1.57. The first kappa shape index (κ1) is 16.0. The van der Waals surface area contributed by atoms with Crippen LogP contribution in [-0.2, 0) is 13.2 Å². The predicted octanol–water partition coefficient (Wildman–Crippen LogP) is 2.45. The van der Waals surface area contributed by atoms with Crippen molar-refractivity contribution in [2.24, 2.45) is 0 Å². The molecule has 2 N–H and O–H groups in total. The number of hydrogen-bond acceptors (Lipinski definition) is 7. The second-order valence-electron chi connectivity index (χ2n) is 4.85. The molecule has 0 saturated heterocycles. The zero-order chi connectivity index (χ0) is 16.8. The molecule has 0 unspecified atom stereocenters. The number of ether oxygens (including phenoxy) is 2. The van der Waals surface area contributed by atoms with Gasteiger partial charge in [-0.2, -0.15) is 5.21 Å². The molecule has 1 aromatic carbocycles. The van der Waals surface area contributed by atoms with Crippen LogP contribution in [0.5, 0.6) is 11.5 Å². The number of benzene rings is 1. The molecular formula is C15H15ClN6O2. The molecule has 0 aliphatic heterocycles. The van der Waals surface area contributed by atoms with Gasteiger partial charge in [-0.05, 0) is 29.0 Å². The van der Waals surface area contributed by atoms with Crippen LogP contribution in [0.1, 0.15) is 11.1 Å². The first-order chi connectivity index (χ1) is 11.8. The number of anilines is 1. The molecule has 24 heavy (non-hydrogen) atoms. The lowest BCUT2D eigenvalue weighted by Gasteiger charge is -2.14. The van der Waals surface area contributed by atoms with Crippen molar-refractivity contribution in [3.8, 4) is 11.5 Å². The molecule has 9 heteroatoms. The maximum atomic E-state index is 6.34. The van der Waals surface area contributed by atoms with Crippen LogP contribution in [0.4, 0.5) is 5.95 Å². The summed E-state index contributed by atoms with van der Waals surface area (Å²) in [5.41, 5.74) is 1.84. The molecule has 2 aromatic heterocycles. The Morgan fingerprint density at radius 2 is 2.21 bits per heavy atom. The normalized spacial score (nSPS) is 10.4. The van der Waals surface area contributed by atoms with E-state index in [1.165, 1.54) is 0 Å². The average Bonchev–Trinajstić information content (AvgIpc) is 3.13. The molecule has 0 amide bonds. The Bertz CT molecular complexity index is 782. The van der Waals surface area contributed by atoms with Gasteiger partial charge in [0.15, 0.2) is 11.5 Å². The van der Waals surface area contributed by atoms with Gasteiger partial charge in [0.1, 0.15) is 6.61 Å². The van der Waals surface area contributed by atoms with E-state index in [4.69, 9.17) is 21.1 Å². The molecule has 2 heterocycles. The minimum Gasteiger partial charge on any atom is -0.493 e. The van der Waals surface area contributed by atoms with Crippen LogP contribution in [0.2, 0.25) is 5.02 Å². The first-order valence-corrected chi connectivity index (χ1v) is 7.49. The molecule has 0 aliphatic rings. The number of halogens is 1. The van der Waals surface area contributed by atoms with Crippen molar-refractivity contribution in [3.05, 3.63) is 52.8 Å². The van der Waals surface area contributed by atoms with Crippen LogP contribution in [0.25, 0.3) is 0 Å². The van der Waals surface area contributed by atoms with Crippen LogP contribution < -0.4 is 14.8 Å². The van der Waals surface area contributed by atoms with E-state index in [-0.39, 0.29) is 0 Å². The maximum Gasteiger partial charge on any atom is 0.263 e. The summed E-state index contributed by atoms with van der Waals surface area (Å²) >= 11 is 6.34. The molecule has 0 aliphatic carbocycles. The fourth-order valence-corrected chi connectivity index (χ4v) is 2.36. The average molecular weight is 347 g/mol. The van der Waals surface area contributed by atoms with E-state index >= 15 is 0 Å². The monoisotopic (exact) mass is 346 g/mol. The number of methoxy groups -OCH3 is 1. The van der Waals surface area contributed by atoms with Gasteiger partial charge in [0.25, 0.3) is 5.95 Å². The zero-order valence-corrected chi connectivity index (χ0v) is 13.6. The quantitative estimate of drug-likeness (QED) is 0.678. The zero-order valence-electron chi connectivity index (χ0n) is 12.9. The Labute approximate surface area is 143 Å². The van der Waals surface area contributed by atoms with Crippen molar-refractivity contribution in [1.82, 2.24) is 25.6 Å². The van der Waals surface area contributed by atoms with Gasteiger partial charge in [-0.3, -0.25) is 4.98 Å². The number of hydrogen-bond donors (Lipinski definition) is 2. The molecule has 124 valence electrons. The number of H-pyrrole nitrogens is 1. The van der Waals surface area contributed by atoms with Crippen molar-refractivity contribution in [3.63, 3.8) is 0 Å². The van der Waals surface area contributed by atoms with Gasteiger partial charge >= 0.3 is 0 Å². The van der Waals surface area contributed by atoms with E-state index < -0.39 is 0 Å². The van der Waals surface area contributed by atoms with Crippen LogP contribution in [0.3, 0.4) is 0 Å². The third-order valence-corrected chi connectivity index (χ3v) is 3.47. The number of tetrazole rings is 1. The van der Waals surface area contributed by atoms with E-state index in [1.54, 1.807) is 25.6 Å². The standard InChI is InChI=1S/C15H15ClN6O2/c1-23-13-6-11(8-18-15-19-21-22-20-15)5-12(16)14(13)24-9-10-3-2-4-17-7-10/h2-7H,8-9H2,1H3,(H2,18,19,20,21,22). The Balaban J connectivity index is 1.72. The molecule has 3 rings (SSSR count). The lowest BCUT2D eigenvalue weighted by atomic mass is 10.2.